The maximum Gasteiger partial charge on any atom is 0.254 e. The van der Waals surface area contributed by atoms with E-state index < -0.39 is 0 Å². The molecule has 180 valence electrons. The highest BCUT2D eigenvalue weighted by molar-refractivity contribution is 5.96. The third kappa shape index (κ3) is 5.75. The Balaban J connectivity index is 1.47. The number of rotatable bonds is 7. The van der Waals surface area contributed by atoms with Crippen molar-refractivity contribution in [3.8, 4) is 11.1 Å². The number of aromatic nitrogens is 1. The van der Waals surface area contributed by atoms with Gasteiger partial charge in [-0.2, -0.15) is 0 Å². The first-order valence-electron chi connectivity index (χ1n) is 11.7. The Hall–Kier alpha value is -3.97. The number of aromatic amines is 1. The summed E-state index contributed by atoms with van der Waals surface area (Å²) in [4.78, 5) is 31.9. The van der Waals surface area contributed by atoms with E-state index >= 15 is 0 Å². The number of amidine groups is 1. The molecule has 0 saturated carbocycles. The van der Waals surface area contributed by atoms with Crippen molar-refractivity contribution in [1.29, 1.82) is 5.41 Å². The van der Waals surface area contributed by atoms with Gasteiger partial charge in [-0.3, -0.25) is 15.0 Å². The predicted molar refractivity (Wildman–Crippen MR) is 141 cm³/mol. The van der Waals surface area contributed by atoms with Gasteiger partial charge in [-0.1, -0.05) is 36.4 Å². The molecule has 2 heterocycles. The number of hydrogen-bond donors (Lipinski definition) is 3. The lowest BCUT2D eigenvalue weighted by molar-refractivity contribution is 0.0773. The lowest BCUT2D eigenvalue weighted by atomic mass is 9.97. The summed E-state index contributed by atoms with van der Waals surface area (Å²) in [6, 6.07) is 18.6. The molecule has 7 nitrogen and oxygen atoms in total. The monoisotopic (exact) mass is 469 g/mol. The number of pyridine rings is 1. The molecule has 4 rings (SSSR count). The van der Waals surface area contributed by atoms with Crippen LogP contribution in [0.3, 0.4) is 0 Å². The zero-order valence-electron chi connectivity index (χ0n) is 20.2. The van der Waals surface area contributed by atoms with E-state index in [1.807, 2.05) is 73.6 Å². The van der Waals surface area contributed by atoms with Crippen LogP contribution in [0.1, 0.15) is 33.6 Å². The van der Waals surface area contributed by atoms with E-state index in [0.717, 1.165) is 47.3 Å². The molecule has 0 fully saturated rings. The summed E-state index contributed by atoms with van der Waals surface area (Å²) in [5.74, 6) is 0.0498. The summed E-state index contributed by atoms with van der Waals surface area (Å²) in [5.41, 5.74) is 11.9. The van der Waals surface area contributed by atoms with Crippen LogP contribution in [-0.4, -0.2) is 60.3 Å². The normalized spacial score (nSPS) is 13.6. The van der Waals surface area contributed by atoms with Gasteiger partial charge in [0.2, 0.25) is 5.56 Å². The second-order valence-corrected chi connectivity index (χ2v) is 9.07. The molecule has 0 unspecified atom stereocenters. The SMILES string of the molecule is CN(C)CCc1[nH]c(=O)ccc1-c1ccc(C(=O)N2CC=C(c3cccc(C(=N)N)c3)CC2)cc1. The van der Waals surface area contributed by atoms with Crippen molar-refractivity contribution < 1.29 is 4.79 Å². The van der Waals surface area contributed by atoms with Crippen LogP contribution in [0.4, 0.5) is 0 Å². The van der Waals surface area contributed by atoms with Gasteiger partial charge in [-0.25, -0.2) is 0 Å². The molecule has 1 aromatic heterocycles. The van der Waals surface area contributed by atoms with Gasteiger partial charge < -0.3 is 20.5 Å². The summed E-state index contributed by atoms with van der Waals surface area (Å²) < 4.78 is 0. The lowest BCUT2D eigenvalue weighted by Gasteiger charge is -2.27. The smallest absolute Gasteiger partial charge is 0.254 e. The van der Waals surface area contributed by atoms with Crippen molar-refractivity contribution in [2.45, 2.75) is 12.8 Å². The van der Waals surface area contributed by atoms with Crippen LogP contribution in [-0.2, 0) is 6.42 Å². The van der Waals surface area contributed by atoms with Crippen LogP contribution in [0, 0.1) is 5.41 Å². The number of likely N-dealkylation sites (N-methyl/N-ethyl adjacent to an activating group) is 1. The lowest BCUT2D eigenvalue weighted by Crippen LogP contribution is -2.34. The second-order valence-electron chi connectivity index (χ2n) is 9.07. The van der Waals surface area contributed by atoms with Crippen molar-refractivity contribution in [1.82, 2.24) is 14.8 Å². The fourth-order valence-electron chi connectivity index (χ4n) is 4.30. The summed E-state index contributed by atoms with van der Waals surface area (Å²) in [6.07, 6.45) is 3.56. The summed E-state index contributed by atoms with van der Waals surface area (Å²) in [5, 5.41) is 7.65. The Morgan fingerprint density at radius 1 is 1.06 bits per heavy atom. The molecule has 35 heavy (non-hydrogen) atoms. The number of nitrogens with one attached hydrogen (secondary N) is 2. The third-order valence-corrected chi connectivity index (χ3v) is 6.29. The number of carbonyl (C=O) groups excluding carboxylic acids is 1. The average Bonchev–Trinajstić information content (AvgIpc) is 2.87. The fraction of sp³-hybridized carbons (Fsp3) is 0.250. The minimum Gasteiger partial charge on any atom is -0.384 e. The number of amides is 1. The van der Waals surface area contributed by atoms with Gasteiger partial charge in [-0.15, -0.1) is 0 Å². The van der Waals surface area contributed by atoms with Crippen molar-refractivity contribution in [3.05, 3.63) is 99.5 Å². The van der Waals surface area contributed by atoms with E-state index in [4.69, 9.17) is 11.1 Å². The number of benzene rings is 2. The number of nitrogen functional groups attached to an aromatic ring is 1. The van der Waals surface area contributed by atoms with E-state index in [0.29, 0.717) is 24.2 Å². The van der Waals surface area contributed by atoms with Gasteiger partial charge in [0.25, 0.3) is 5.91 Å². The Morgan fingerprint density at radius 3 is 2.49 bits per heavy atom. The summed E-state index contributed by atoms with van der Waals surface area (Å²) >= 11 is 0. The molecule has 0 bridgehead atoms. The first kappa shape index (κ1) is 24.2. The molecular formula is C28H31N5O2. The number of H-pyrrole nitrogens is 1. The average molecular weight is 470 g/mol. The van der Waals surface area contributed by atoms with Crippen LogP contribution in [0.2, 0.25) is 0 Å². The van der Waals surface area contributed by atoms with Gasteiger partial charge in [0.05, 0.1) is 0 Å². The molecule has 7 heteroatoms. The first-order chi connectivity index (χ1) is 16.8. The number of nitrogens with zero attached hydrogens (tertiary/aromatic N) is 2. The summed E-state index contributed by atoms with van der Waals surface area (Å²) in [6.45, 7) is 1.99. The summed E-state index contributed by atoms with van der Waals surface area (Å²) in [7, 11) is 4.01. The predicted octanol–water partition coefficient (Wildman–Crippen LogP) is 3.36. The largest absolute Gasteiger partial charge is 0.384 e. The number of carbonyl (C=O) groups is 1. The van der Waals surface area contributed by atoms with Gasteiger partial charge in [0.15, 0.2) is 0 Å². The van der Waals surface area contributed by atoms with Crippen molar-refractivity contribution in [2.75, 3.05) is 33.7 Å². The Bertz CT molecular complexity index is 1320. The molecule has 1 aliphatic rings. The zero-order chi connectivity index (χ0) is 24.9. The first-order valence-corrected chi connectivity index (χ1v) is 11.7. The molecule has 0 aliphatic carbocycles. The molecule has 1 aliphatic heterocycles. The highest BCUT2D eigenvalue weighted by Crippen LogP contribution is 2.26. The molecule has 0 saturated heterocycles. The number of hydrogen-bond acceptors (Lipinski definition) is 4. The van der Waals surface area contributed by atoms with Gasteiger partial charge in [0.1, 0.15) is 5.84 Å². The Kier molecular flexibility index (Phi) is 7.27. The van der Waals surface area contributed by atoms with Crippen molar-refractivity contribution in [2.24, 2.45) is 5.73 Å². The molecule has 3 aromatic rings. The Labute approximate surface area is 205 Å². The molecule has 4 N–H and O–H groups in total. The quantitative estimate of drug-likeness (QED) is 0.364. The fourth-order valence-corrected chi connectivity index (χ4v) is 4.30. The van der Waals surface area contributed by atoms with Gasteiger partial charge >= 0.3 is 0 Å². The number of nitrogens with two attached hydrogens (primary N) is 1. The van der Waals surface area contributed by atoms with Crippen LogP contribution in [0.5, 0.6) is 0 Å². The van der Waals surface area contributed by atoms with E-state index in [1.54, 1.807) is 0 Å². The minimum absolute atomic E-state index is 0.00126. The zero-order valence-corrected chi connectivity index (χ0v) is 20.2. The highest BCUT2D eigenvalue weighted by Gasteiger charge is 2.20. The molecule has 2 aromatic carbocycles. The van der Waals surface area contributed by atoms with Crippen LogP contribution in [0.15, 0.2) is 71.5 Å². The van der Waals surface area contributed by atoms with E-state index in [9.17, 15) is 9.59 Å². The van der Waals surface area contributed by atoms with E-state index in [1.165, 1.54) is 6.07 Å². The molecule has 1 amide bonds. The van der Waals surface area contributed by atoms with Crippen molar-refractivity contribution in [3.63, 3.8) is 0 Å². The third-order valence-electron chi connectivity index (χ3n) is 6.29. The molecule has 0 atom stereocenters. The standard InChI is InChI=1S/C28H31N5O2/c1-32(2)15-14-25-24(10-11-26(34)31-25)20-6-8-21(9-7-20)28(35)33-16-12-19(13-17-33)22-4-3-5-23(18-22)27(29)30/h3-12,18H,13-17H2,1-2H3,(H3,29,30)(H,31,34). The molecular weight excluding hydrogens is 438 g/mol. The molecule has 0 spiro atoms. The van der Waals surface area contributed by atoms with Crippen LogP contribution >= 0.6 is 0 Å². The van der Waals surface area contributed by atoms with Crippen molar-refractivity contribution >= 4 is 17.3 Å². The maximum atomic E-state index is 13.1. The van der Waals surface area contributed by atoms with Crippen LogP contribution < -0.4 is 11.3 Å². The topological polar surface area (TPSA) is 106 Å². The maximum absolute atomic E-state index is 13.1. The van der Waals surface area contributed by atoms with Crippen LogP contribution in [0.25, 0.3) is 16.7 Å². The van der Waals surface area contributed by atoms with Gasteiger partial charge in [0, 0.05) is 54.5 Å². The molecule has 0 radical (unpaired) electrons. The van der Waals surface area contributed by atoms with E-state index in [2.05, 4.69) is 16.0 Å². The Morgan fingerprint density at radius 2 is 1.83 bits per heavy atom. The van der Waals surface area contributed by atoms with E-state index in [-0.39, 0.29) is 17.3 Å². The minimum atomic E-state index is -0.111. The highest BCUT2D eigenvalue weighted by atomic mass is 16.2. The van der Waals surface area contributed by atoms with Gasteiger partial charge in [-0.05, 0) is 61.5 Å². The second kappa shape index (κ2) is 10.5.